The van der Waals surface area contributed by atoms with Crippen LogP contribution in [0.25, 0.3) is 0 Å². The van der Waals surface area contributed by atoms with Crippen molar-refractivity contribution in [1.29, 1.82) is 0 Å². The summed E-state index contributed by atoms with van der Waals surface area (Å²) in [4.78, 5) is 23.4. The van der Waals surface area contributed by atoms with Gasteiger partial charge in [-0.05, 0) is 80.3 Å². The number of carbonyl (C=O) groups excluding carboxylic acids is 2. The minimum Gasteiger partial charge on any atom is -0.493 e. The molecule has 0 unspecified atom stereocenters. The number of piperidine rings is 1. The van der Waals surface area contributed by atoms with E-state index in [2.05, 4.69) is 70.9 Å². The molecule has 2 N–H and O–H groups in total. The molecule has 0 bridgehead atoms. The molecule has 1 aliphatic heterocycles. The molecule has 0 spiro atoms. The van der Waals surface area contributed by atoms with Crippen molar-refractivity contribution in [1.82, 2.24) is 10.2 Å². The van der Waals surface area contributed by atoms with Crippen LogP contribution in [0.3, 0.4) is 0 Å². The maximum absolute atomic E-state index is 14.6. The van der Waals surface area contributed by atoms with Gasteiger partial charge in [0.05, 0.1) is 18.2 Å². The second kappa shape index (κ2) is 15.9. The predicted octanol–water partition coefficient (Wildman–Crippen LogP) is 6.00. The smallest absolute Gasteiger partial charge is 0.254 e. The lowest BCUT2D eigenvalue weighted by atomic mass is 9.91. The Bertz CT molecular complexity index is 1160. The van der Waals surface area contributed by atoms with Crippen molar-refractivity contribution in [3.8, 4) is 5.75 Å². The fourth-order valence-corrected chi connectivity index (χ4v) is 5.19. The van der Waals surface area contributed by atoms with E-state index < -0.39 is 11.7 Å². The first-order valence-electron chi connectivity index (χ1n) is 13.9. The quantitative estimate of drug-likeness (QED) is 0.336. The Morgan fingerprint density at radius 2 is 1.55 bits per heavy atom. The Hall–Kier alpha value is -3.55. The van der Waals surface area contributed by atoms with Gasteiger partial charge >= 0.3 is 0 Å². The SMILES string of the molecule is CC=O.CNC(=O)c1cc(C2CC2)c(OCC2CCN(C(c3ccccc3)c3ccccc3)CC2)cc1F.CO.[HH]. The van der Waals surface area contributed by atoms with E-state index in [9.17, 15) is 9.18 Å². The third-order valence-electron chi connectivity index (χ3n) is 7.31. The summed E-state index contributed by atoms with van der Waals surface area (Å²) in [6.07, 6.45) is 4.95. The van der Waals surface area contributed by atoms with Gasteiger partial charge in [-0.1, -0.05) is 60.7 Å². The largest absolute Gasteiger partial charge is 0.493 e. The molecule has 0 radical (unpaired) electrons. The molecule has 0 aromatic heterocycles. The molecular weight excluding hydrogens is 507 g/mol. The van der Waals surface area contributed by atoms with Gasteiger partial charge in [0.1, 0.15) is 17.9 Å². The van der Waals surface area contributed by atoms with Crippen LogP contribution in [0.5, 0.6) is 5.75 Å². The van der Waals surface area contributed by atoms with Crippen LogP contribution in [0.2, 0.25) is 0 Å². The maximum atomic E-state index is 14.6. The van der Waals surface area contributed by atoms with Crippen molar-refractivity contribution >= 4 is 12.2 Å². The monoisotopic (exact) mass is 550 g/mol. The van der Waals surface area contributed by atoms with Crippen LogP contribution in [0.15, 0.2) is 72.8 Å². The zero-order valence-electron chi connectivity index (χ0n) is 23.7. The van der Waals surface area contributed by atoms with Crippen molar-refractivity contribution < 1.29 is 25.2 Å². The van der Waals surface area contributed by atoms with E-state index in [0.717, 1.165) is 57.7 Å². The summed E-state index contributed by atoms with van der Waals surface area (Å²) < 4.78 is 20.8. The molecule has 0 atom stereocenters. The van der Waals surface area contributed by atoms with E-state index in [1.54, 1.807) is 6.07 Å². The number of hydrogen-bond acceptors (Lipinski definition) is 5. The first-order valence-corrected chi connectivity index (χ1v) is 13.9. The minimum atomic E-state index is -0.521. The van der Waals surface area contributed by atoms with Crippen molar-refractivity contribution in [2.75, 3.05) is 33.9 Å². The highest BCUT2D eigenvalue weighted by atomic mass is 19.1. The number of aliphatic hydroxyl groups is 1. The highest BCUT2D eigenvalue weighted by molar-refractivity contribution is 5.94. The number of hydrogen-bond donors (Lipinski definition) is 2. The summed E-state index contributed by atoms with van der Waals surface area (Å²) in [5.74, 6) is 0.480. The van der Waals surface area contributed by atoms with Crippen LogP contribution in [-0.2, 0) is 4.79 Å². The molecule has 3 aromatic rings. The summed E-state index contributed by atoms with van der Waals surface area (Å²) in [5, 5.41) is 9.52. The molecule has 1 amide bonds. The number of carbonyl (C=O) groups is 2. The van der Waals surface area contributed by atoms with Crippen LogP contribution >= 0.6 is 0 Å². The number of likely N-dealkylation sites (tertiary alicyclic amines) is 1. The van der Waals surface area contributed by atoms with E-state index in [1.165, 1.54) is 31.2 Å². The average molecular weight is 551 g/mol. The minimum absolute atomic E-state index is 0. The van der Waals surface area contributed by atoms with Gasteiger partial charge in [0.15, 0.2) is 0 Å². The van der Waals surface area contributed by atoms with Crippen molar-refractivity contribution in [2.24, 2.45) is 5.92 Å². The van der Waals surface area contributed by atoms with Gasteiger partial charge in [0.2, 0.25) is 0 Å². The molecule has 3 aromatic carbocycles. The second-order valence-electron chi connectivity index (χ2n) is 9.97. The van der Waals surface area contributed by atoms with Crippen molar-refractivity contribution in [3.63, 3.8) is 0 Å². The van der Waals surface area contributed by atoms with Gasteiger partial charge in [-0.3, -0.25) is 9.69 Å². The van der Waals surface area contributed by atoms with E-state index in [1.807, 2.05) is 0 Å². The standard InChI is InChI=1S/C30H33FN2O2.C2H4O.CH4O.H2/c1-32-30(34)26-18-25(22-12-13-22)28(19-27(26)31)35-20-21-14-16-33(17-15-21)29(23-8-4-2-5-9-23)24-10-6-3-7-11-24;1-2-3;1-2;/h2-11,18-19,21-22,29H,12-17,20H2,1H3,(H,32,34);2H,1H3;2H,1H3;1H. The first-order chi connectivity index (χ1) is 19.5. The third kappa shape index (κ3) is 8.23. The van der Waals surface area contributed by atoms with E-state index >= 15 is 0 Å². The number of benzene rings is 3. The van der Waals surface area contributed by atoms with Gasteiger partial charge < -0.3 is 20.0 Å². The Kier molecular flexibility index (Phi) is 12.3. The van der Waals surface area contributed by atoms with Gasteiger partial charge in [0.25, 0.3) is 5.91 Å². The normalized spacial score (nSPS) is 15.2. The lowest BCUT2D eigenvalue weighted by Crippen LogP contribution is -2.38. The number of nitrogens with zero attached hydrogens (tertiary/aromatic N) is 1. The molecule has 40 heavy (non-hydrogen) atoms. The molecular formula is C33H43FN2O4. The molecule has 7 heteroatoms. The lowest BCUT2D eigenvalue weighted by molar-refractivity contribution is -0.106. The maximum Gasteiger partial charge on any atom is 0.254 e. The fourth-order valence-electron chi connectivity index (χ4n) is 5.19. The summed E-state index contributed by atoms with van der Waals surface area (Å²) in [6, 6.07) is 24.8. The molecule has 1 aliphatic carbocycles. The molecule has 5 rings (SSSR count). The fraction of sp³-hybridized carbons (Fsp3) is 0.394. The molecule has 2 fully saturated rings. The van der Waals surface area contributed by atoms with Gasteiger partial charge in [-0.25, -0.2) is 4.39 Å². The Morgan fingerprint density at radius 1 is 1.02 bits per heavy atom. The number of aliphatic hydroxyl groups excluding tert-OH is 1. The summed E-state index contributed by atoms with van der Waals surface area (Å²) in [5.41, 5.74) is 3.70. The van der Waals surface area contributed by atoms with Crippen LogP contribution in [0, 0.1) is 11.7 Å². The number of rotatable bonds is 8. The van der Waals surface area contributed by atoms with E-state index in [-0.39, 0.29) is 13.0 Å². The molecule has 1 saturated carbocycles. The van der Waals surface area contributed by atoms with Crippen LogP contribution in [-0.4, -0.2) is 56.1 Å². The second-order valence-corrected chi connectivity index (χ2v) is 9.97. The first kappa shape index (κ1) is 31.0. The van der Waals surface area contributed by atoms with Crippen LogP contribution in [0.1, 0.15) is 73.0 Å². The highest BCUT2D eigenvalue weighted by Crippen LogP contribution is 2.45. The van der Waals surface area contributed by atoms with E-state index in [0.29, 0.717) is 24.2 Å². The topological polar surface area (TPSA) is 78.9 Å². The zero-order valence-corrected chi connectivity index (χ0v) is 23.7. The lowest BCUT2D eigenvalue weighted by Gasteiger charge is -2.38. The highest BCUT2D eigenvalue weighted by Gasteiger charge is 2.31. The van der Waals surface area contributed by atoms with Gasteiger partial charge in [-0.2, -0.15) is 0 Å². The number of halogens is 1. The molecule has 2 aliphatic rings. The number of amides is 1. The zero-order chi connectivity index (χ0) is 28.9. The third-order valence-corrected chi connectivity index (χ3v) is 7.31. The van der Waals surface area contributed by atoms with Crippen LogP contribution in [0.4, 0.5) is 4.39 Å². The van der Waals surface area contributed by atoms with E-state index in [4.69, 9.17) is 14.6 Å². The van der Waals surface area contributed by atoms with Crippen molar-refractivity contribution in [3.05, 3.63) is 101 Å². The van der Waals surface area contributed by atoms with Gasteiger partial charge in [-0.15, -0.1) is 0 Å². The molecule has 1 heterocycles. The average Bonchev–Trinajstić information content (AvgIpc) is 3.85. The number of aldehydes is 1. The van der Waals surface area contributed by atoms with Gasteiger partial charge in [0, 0.05) is 21.7 Å². The molecule has 6 nitrogen and oxygen atoms in total. The Balaban J connectivity index is 0.000000921. The summed E-state index contributed by atoms with van der Waals surface area (Å²) >= 11 is 0. The van der Waals surface area contributed by atoms with Crippen molar-refractivity contribution in [2.45, 2.75) is 44.6 Å². The Morgan fingerprint density at radius 3 is 2.02 bits per heavy atom. The number of nitrogens with one attached hydrogen (secondary N) is 1. The molecule has 1 saturated heterocycles. The predicted molar refractivity (Wildman–Crippen MR) is 158 cm³/mol. The number of ether oxygens (including phenoxy) is 1. The Labute approximate surface area is 238 Å². The van der Waals surface area contributed by atoms with Crippen LogP contribution < -0.4 is 10.1 Å². The molecule has 216 valence electrons. The summed E-state index contributed by atoms with van der Waals surface area (Å²) in [7, 11) is 2.52. The summed E-state index contributed by atoms with van der Waals surface area (Å²) in [6.45, 7) is 4.00.